The van der Waals surface area contributed by atoms with Gasteiger partial charge in [0, 0.05) is 19.3 Å². The smallest absolute Gasteiger partial charge is 1.00 e. The summed E-state index contributed by atoms with van der Waals surface area (Å²) in [7, 11) is 0. The molecule has 1 fully saturated rings. The summed E-state index contributed by atoms with van der Waals surface area (Å²) >= 11 is 0. The first-order valence-electron chi connectivity index (χ1n) is 5.25. The second-order valence-electron chi connectivity index (χ2n) is 3.64. The average Bonchev–Trinajstić information content (AvgIpc) is 2.39. The Hall–Kier alpha value is -1.35. The molecule has 0 saturated carbocycles. The van der Waals surface area contributed by atoms with E-state index in [1.54, 1.807) is 4.90 Å². The molecular weight excluding hydrogens is 231 g/mol. The van der Waals surface area contributed by atoms with Crippen molar-refractivity contribution in [3.63, 3.8) is 0 Å². The van der Waals surface area contributed by atoms with Gasteiger partial charge in [0.05, 0.1) is 18.8 Å². The van der Waals surface area contributed by atoms with Crippen molar-refractivity contribution in [3.8, 4) is 0 Å². The molecule has 6 nitrogen and oxygen atoms in total. The van der Waals surface area contributed by atoms with Gasteiger partial charge in [0.1, 0.15) is 5.69 Å². The van der Waals surface area contributed by atoms with Gasteiger partial charge < -0.3 is 16.2 Å². The molecule has 1 aromatic heterocycles. The van der Waals surface area contributed by atoms with E-state index in [9.17, 15) is 9.59 Å². The van der Waals surface area contributed by atoms with E-state index in [0.29, 0.717) is 31.9 Å². The number of ether oxygens (including phenoxy) is 1. The van der Waals surface area contributed by atoms with Gasteiger partial charge in [-0.25, -0.2) is 9.78 Å². The Kier molecular flexibility index (Phi) is 5.35. The third-order valence-electron chi connectivity index (χ3n) is 2.53. The van der Waals surface area contributed by atoms with E-state index < -0.39 is 5.97 Å². The fraction of sp³-hybridized carbons (Fsp3) is 0.364. The number of morpholine rings is 1. The van der Waals surface area contributed by atoms with Crippen LogP contribution in [0.5, 0.6) is 0 Å². The number of carboxylic acids is 1. The summed E-state index contributed by atoms with van der Waals surface area (Å²) < 4.78 is 5.15. The zero-order valence-corrected chi connectivity index (χ0v) is 10.1. The standard InChI is InChI=1S/C11H12N2O4.Li.H/c14-10(13-3-5-17-6-4-13)8-1-2-9(11(15)16)12-7-8;;/h1-2,7H,3-6H2,(H,15,16);;/q;+1;-1. The van der Waals surface area contributed by atoms with Crippen molar-refractivity contribution in [1.29, 1.82) is 0 Å². The number of rotatable bonds is 2. The number of pyridine rings is 1. The predicted molar refractivity (Wildman–Crippen MR) is 59.0 cm³/mol. The van der Waals surface area contributed by atoms with Crippen molar-refractivity contribution in [2.45, 2.75) is 0 Å². The Morgan fingerprint density at radius 2 is 2.00 bits per heavy atom. The molecular formula is C11H13LiN2O4. The van der Waals surface area contributed by atoms with Gasteiger partial charge >= 0.3 is 24.8 Å². The number of hydrogen-bond acceptors (Lipinski definition) is 4. The molecule has 0 aromatic carbocycles. The van der Waals surface area contributed by atoms with Crippen molar-refractivity contribution in [2.24, 2.45) is 0 Å². The number of carboxylic acid groups (broad SMARTS) is 1. The summed E-state index contributed by atoms with van der Waals surface area (Å²) in [6.07, 6.45) is 1.29. The Bertz CT molecular complexity index is 435. The Morgan fingerprint density at radius 3 is 2.50 bits per heavy atom. The van der Waals surface area contributed by atoms with Gasteiger partial charge in [-0.2, -0.15) is 0 Å². The largest absolute Gasteiger partial charge is 1.00 e. The molecule has 0 atom stereocenters. The second kappa shape index (κ2) is 6.55. The van der Waals surface area contributed by atoms with E-state index >= 15 is 0 Å². The summed E-state index contributed by atoms with van der Waals surface area (Å²) in [5.74, 6) is -1.24. The van der Waals surface area contributed by atoms with E-state index in [4.69, 9.17) is 9.84 Å². The molecule has 1 saturated heterocycles. The number of aromatic carboxylic acids is 1. The second-order valence-corrected chi connectivity index (χ2v) is 3.64. The van der Waals surface area contributed by atoms with Crippen molar-refractivity contribution in [1.82, 2.24) is 9.88 Å². The van der Waals surface area contributed by atoms with E-state index in [2.05, 4.69) is 4.98 Å². The number of carbonyl (C=O) groups excluding carboxylic acids is 1. The fourth-order valence-corrected chi connectivity index (χ4v) is 1.60. The summed E-state index contributed by atoms with van der Waals surface area (Å²) in [5, 5.41) is 8.69. The molecule has 1 aromatic rings. The summed E-state index contributed by atoms with van der Waals surface area (Å²) in [6, 6.07) is 2.81. The number of amides is 1. The molecule has 2 heterocycles. The SMILES string of the molecule is O=C(O)c1ccc(C(=O)N2CCOCC2)cn1.[H-].[Li+]. The van der Waals surface area contributed by atoms with Crippen molar-refractivity contribution in [2.75, 3.05) is 26.3 Å². The molecule has 0 aliphatic carbocycles. The van der Waals surface area contributed by atoms with Crippen LogP contribution in [0, 0.1) is 0 Å². The molecule has 0 bridgehead atoms. The first-order valence-corrected chi connectivity index (χ1v) is 5.25. The molecule has 1 N–H and O–H groups in total. The maximum atomic E-state index is 12.0. The molecule has 1 amide bonds. The van der Waals surface area contributed by atoms with Crippen LogP contribution in [0.3, 0.4) is 0 Å². The van der Waals surface area contributed by atoms with E-state index in [1.165, 1.54) is 18.3 Å². The molecule has 1 aliphatic heterocycles. The van der Waals surface area contributed by atoms with Crippen LogP contribution in [0.25, 0.3) is 0 Å². The molecule has 1 aliphatic rings. The monoisotopic (exact) mass is 244 g/mol. The van der Waals surface area contributed by atoms with Crippen molar-refractivity contribution >= 4 is 11.9 Å². The van der Waals surface area contributed by atoms with Crippen LogP contribution >= 0.6 is 0 Å². The van der Waals surface area contributed by atoms with Gasteiger partial charge in [-0.1, -0.05) is 0 Å². The number of hydrogen-bond donors (Lipinski definition) is 1. The van der Waals surface area contributed by atoms with Crippen molar-refractivity contribution < 1.29 is 39.7 Å². The summed E-state index contributed by atoms with van der Waals surface area (Å²) in [4.78, 5) is 28.0. The van der Waals surface area contributed by atoms with Crippen LogP contribution in [0.1, 0.15) is 22.3 Å². The predicted octanol–water partition coefficient (Wildman–Crippen LogP) is -2.63. The topological polar surface area (TPSA) is 79.7 Å². The maximum Gasteiger partial charge on any atom is 1.00 e. The van der Waals surface area contributed by atoms with Gasteiger partial charge in [-0.3, -0.25) is 4.79 Å². The van der Waals surface area contributed by atoms with Crippen LogP contribution in [0.2, 0.25) is 0 Å². The van der Waals surface area contributed by atoms with Crippen LogP contribution in [0.15, 0.2) is 18.3 Å². The Labute approximate surface area is 118 Å². The molecule has 0 radical (unpaired) electrons. The first kappa shape index (κ1) is 14.7. The third-order valence-corrected chi connectivity index (χ3v) is 2.53. The molecule has 2 rings (SSSR count). The molecule has 0 unspecified atom stereocenters. The van der Waals surface area contributed by atoms with Crippen LogP contribution in [-0.4, -0.2) is 53.2 Å². The fourth-order valence-electron chi connectivity index (χ4n) is 1.60. The van der Waals surface area contributed by atoms with Gasteiger partial charge in [0.2, 0.25) is 0 Å². The minimum absolute atomic E-state index is 0. The minimum atomic E-state index is -1.10. The van der Waals surface area contributed by atoms with Gasteiger partial charge in [0.25, 0.3) is 5.91 Å². The zero-order valence-electron chi connectivity index (χ0n) is 11.1. The summed E-state index contributed by atoms with van der Waals surface area (Å²) in [6.45, 7) is 2.18. The molecule has 92 valence electrons. The zero-order chi connectivity index (χ0) is 12.3. The van der Waals surface area contributed by atoms with Gasteiger partial charge in [-0.05, 0) is 12.1 Å². The summed E-state index contributed by atoms with van der Waals surface area (Å²) in [5.41, 5.74) is 0.334. The van der Waals surface area contributed by atoms with Crippen LogP contribution in [0.4, 0.5) is 0 Å². The number of carbonyl (C=O) groups is 2. The normalized spacial score (nSPS) is 14.8. The maximum absolute atomic E-state index is 12.0. The first-order chi connectivity index (χ1) is 8.18. The van der Waals surface area contributed by atoms with E-state index in [0.717, 1.165) is 0 Å². The molecule has 18 heavy (non-hydrogen) atoms. The van der Waals surface area contributed by atoms with Crippen molar-refractivity contribution in [3.05, 3.63) is 29.6 Å². The minimum Gasteiger partial charge on any atom is -1.00 e. The number of nitrogens with zero attached hydrogens (tertiary/aromatic N) is 2. The Balaban J connectivity index is 0.00000162. The van der Waals surface area contributed by atoms with Gasteiger partial charge in [-0.15, -0.1) is 0 Å². The van der Waals surface area contributed by atoms with Crippen LogP contribution < -0.4 is 18.9 Å². The average molecular weight is 244 g/mol. The van der Waals surface area contributed by atoms with Crippen LogP contribution in [-0.2, 0) is 4.74 Å². The third kappa shape index (κ3) is 3.32. The number of aromatic nitrogens is 1. The molecule has 0 spiro atoms. The quantitative estimate of drug-likeness (QED) is 0.576. The molecule has 7 heteroatoms. The van der Waals surface area contributed by atoms with Gasteiger partial charge in [0.15, 0.2) is 0 Å². The van der Waals surface area contributed by atoms with E-state index in [1.807, 2.05) is 0 Å². The Morgan fingerprint density at radius 1 is 1.33 bits per heavy atom. The van der Waals surface area contributed by atoms with E-state index in [-0.39, 0.29) is 31.9 Å².